The van der Waals surface area contributed by atoms with Crippen LogP contribution in [-0.4, -0.2) is 23.1 Å². The van der Waals surface area contributed by atoms with Gasteiger partial charge in [0.05, 0.1) is 0 Å². The summed E-state index contributed by atoms with van der Waals surface area (Å²) in [7, 11) is 0. The van der Waals surface area contributed by atoms with Crippen molar-refractivity contribution in [3.8, 4) is 0 Å². The molecule has 0 heterocycles. The fourth-order valence-corrected chi connectivity index (χ4v) is 0.803. The second-order valence-electron chi connectivity index (χ2n) is 2.89. The van der Waals surface area contributed by atoms with Crippen LogP contribution in [-0.2, 0) is 0 Å². The zero-order valence-electron chi connectivity index (χ0n) is 7.87. The maximum atomic E-state index is 2.29. The van der Waals surface area contributed by atoms with Gasteiger partial charge in [-0.2, -0.15) is 0 Å². The van der Waals surface area contributed by atoms with E-state index in [1.165, 1.54) is 25.7 Å². The van der Waals surface area contributed by atoms with Crippen LogP contribution >= 0.6 is 0 Å². The predicted octanol–water partition coefficient (Wildman–Crippen LogP) is -3.15. The second-order valence-corrected chi connectivity index (χ2v) is 2.89. The van der Waals surface area contributed by atoms with E-state index in [1.54, 1.807) is 0 Å². The Balaban J connectivity index is -0.0000000817. The molecule has 0 aliphatic rings. The molecule has 0 saturated carbocycles. The quantitative estimate of drug-likeness (QED) is 0.380. The number of rotatable bonds is 4. The zero-order chi connectivity index (χ0) is 6.41. The predicted molar refractivity (Wildman–Crippen MR) is 44.7 cm³/mol. The van der Waals surface area contributed by atoms with Crippen LogP contribution in [0.3, 0.4) is 0 Å². The van der Waals surface area contributed by atoms with E-state index in [2.05, 4.69) is 20.8 Å². The van der Waals surface area contributed by atoms with Crippen molar-refractivity contribution in [3.63, 3.8) is 0 Å². The molecule has 0 aliphatic heterocycles. The third-order valence-corrected chi connectivity index (χ3v) is 1.39. The summed E-state index contributed by atoms with van der Waals surface area (Å²) in [6, 6.07) is 0. The van der Waals surface area contributed by atoms with Gasteiger partial charge in [-0.1, -0.05) is 46.5 Å². The first-order chi connectivity index (χ1) is 3.77. The van der Waals surface area contributed by atoms with Gasteiger partial charge in [0.2, 0.25) is 0 Å². The molecule has 0 atom stereocenters. The van der Waals surface area contributed by atoms with Gasteiger partial charge in [-0.3, -0.25) is 0 Å². The van der Waals surface area contributed by atoms with Crippen LogP contribution in [0.25, 0.3) is 0 Å². The Hall–Kier alpha value is 1.73. The molecular weight excluding hydrogens is 280 g/mol. The Bertz CT molecular complexity index is 49.4. The molecule has 0 rings (SSSR count). The average Bonchev–Trinajstić information content (AvgIpc) is 1.66. The van der Waals surface area contributed by atoms with Gasteiger partial charge < -0.3 is 34.0 Å². The molecule has 0 spiro atoms. The van der Waals surface area contributed by atoms with Crippen molar-refractivity contribution >= 4 is 23.1 Å². The Morgan fingerprint density at radius 1 is 1.00 bits per heavy atom. The number of unbranched alkanes of at least 4 members (excludes halogenated alkanes) is 2. The summed E-state index contributed by atoms with van der Waals surface area (Å²) in [5, 5.41) is 0. The van der Waals surface area contributed by atoms with E-state index in [0.717, 1.165) is 5.92 Å². The van der Waals surface area contributed by atoms with E-state index < -0.39 is 0 Å². The molecule has 0 bridgehead atoms. The van der Waals surface area contributed by atoms with Crippen molar-refractivity contribution in [2.24, 2.45) is 5.92 Å². The summed E-state index contributed by atoms with van der Waals surface area (Å²) in [4.78, 5) is 0. The van der Waals surface area contributed by atoms with Crippen molar-refractivity contribution in [1.29, 1.82) is 0 Å². The Morgan fingerprint density at radius 3 is 1.73 bits per heavy atom. The summed E-state index contributed by atoms with van der Waals surface area (Å²) in [5.41, 5.74) is 0. The first-order valence-corrected chi connectivity index (χ1v) is 3.77. The molecule has 0 aromatic heterocycles. The normalized spacial score (nSPS) is 7.64. The summed E-state index contributed by atoms with van der Waals surface area (Å²) < 4.78 is 0. The SMILES string of the molecule is CCCCCC(C)C.[Br-].[Br-].[Mg+2]. The summed E-state index contributed by atoms with van der Waals surface area (Å²) >= 11 is 0. The second kappa shape index (κ2) is 17.7. The molecule has 0 radical (unpaired) electrons. The van der Waals surface area contributed by atoms with Crippen LogP contribution in [0.4, 0.5) is 0 Å². The fourth-order valence-electron chi connectivity index (χ4n) is 0.803. The molecule has 0 nitrogen and oxygen atoms in total. The molecule has 11 heavy (non-hydrogen) atoms. The van der Waals surface area contributed by atoms with Crippen LogP contribution in [0.1, 0.15) is 46.5 Å². The van der Waals surface area contributed by atoms with E-state index in [0.29, 0.717) is 0 Å². The van der Waals surface area contributed by atoms with Gasteiger partial charge in [-0.05, 0) is 5.92 Å². The van der Waals surface area contributed by atoms with Crippen molar-refractivity contribution < 1.29 is 34.0 Å². The van der Waals surface area contributed by atoms with Gasteiger partial charge in [-0.15, -0.1) is 0 Å². The van der Waals surface area contributed by atoms with Crippen LogP contribution in [0.15, 0.2) is 0 Å². The van der Waals surface area contributed by atoms with Gasteiger partial charge in [0.25, 0.3) is 0 Å². The van der Waals surface area contributed by atoms with Crippen molar-refractivity contribution in [1.82, 2.24) is 0 Å². The smallest absolute Gasteiger partial charge is 1.00 e. The van der Waals surface area contributed by atoms with E-state index in [4.69, 9.17) is 0 Å². The first-order valence-electron chi connectivity index (χ1n) is 3.77. The number of hydrogen-bond acceptors (Lipinski definition) is 0. The topological polar surface area (TPSA) is 0 Å². The molecule has 0 N–H and O–H groups in total. The monoisotopic (exact) mass is 296 g/mol. The van der Waals surface area contributed by atoms with Gasteiger partial charge in [0.15, 0.2) is 0 Å². The minimum absolute atomic E-state index is 0. The van der Waals surface area contributed by atoms with Gasteiger partial charge >= 0.3 is 23.1 Å². The van der Waals surface area contributed by atoms with Crippen LogP contribution in [0, 0.1) is 5.92 Å². The number of hydrogen-bond donors (Lipinski definition) is 0. The molecule has 0 saturated heterocycles. The van der Waals surface area contributed by atoms with Gasteiger partial charge in [0, 0.05) is 0 Å². The molecule has 66 valence electrons. The molecule has 0 aromatic rings. The van der Waals surface area contributed by atoms with Crippen LogP contribution < -0.4 is 34.0 Å². The summed E-state index contributed by atoms with van der Waals surface area (Å²) in [6.07, 6.45) is 5.60. The Labute approximate surface area is 109 Å². The Kier molecular flexibility index (Phi) is 37.0. The molecule has 0 aromatic carbocycles. The molecule has 0 fully saturated rings. The van der Waals surface area contributed by atoms with E-state index in [-0.39, 0.29) is 57.0 Å². The third kappa shape index (κ3) is 24.5. The largest absolute Gasteiger partial charge is 2.00 e. The van der Waals surface area contributed by atoms with E-state index in [9.17, 15) is 0 Å². The van der Waals surface area contributed by atoms with Crippen LogP contribution in [0.5, 0.6) is 0 Å². The summed E-state index contributed by atoms with van der Waals surface area (Å²) in [6.45, 7) is 6.83. The van der Waals surface area contributed by atoms with Gasteiger partial charge in [0.1, 0.15) is 0 Å². The van der Waals surface area contributed by atoms with Crippen molar-refractivity contribution in [2.75, 3.05) is 0 Å². The molecule has 0 aliphatic carbocycles. The average molecular weight is 298 g/mol. The maximum Gasteiger partial charge on any atom is 2.00 e. The molecule has 0 unspecified atom stereocenters. The standard InChI is InChI=1S/C8H18.2BrH.Mg/c1-4-5-6-7-8(2)3;;;/h8H,4-7H2,1-3H3;2*1H;/q;;;+2/p-2. The minimum atomic E-state index is 0. The fraction of sp³-hybridized carbons (Fsp3) is 1.00. The van der Waals surface area contributed by atoms with Gasteiger partial charge in [-0.25, -0.2) is 0 Å². The van der Waals surface area contributed by atoms with Crippen LogP contribution in [0.2, 0.25) is 0 Å². The number of halogens is 2. The molecular formula is C8H18Br2Mg. The van der Waals surface area contributed by atoms with Crippen molar-refractivity contribution in [2.45, 2.75) is 46.5 Å². The zero-order valence-corrected chi connectivity index (χ0v) is 12.5. The van der Waals surface area contributed by atoms with Crippen molar-refractivity contribution in [3.05, 3.63) is 0 Å². The molecule has 0 amide bonds. The summed E-state index contributed by atoms with van der Waals surface area (Å²) in [5.74, 6) is 0.904. The molecule has 3 heteroatoms. The first kappa shape index (κ1) is 23.0. The maximum absolute atomic E-state index is 2.29. The third-order valence-electron chi connectivity index (χ3n) is 1.39. The van der Waals surface area contributed by atoms with E-state index >= 15 is 0 Å². The Morgan fingerprint density at radius 2 is 1.45 bits per heavy atom. The minimum Gasteiger partial charge on any atom is -1.00 e. The van der Waals surface area contributed by atoms with E-state index in [1.807, 2.05) is 0 Å².